The van der Waals surface area contributed by atoms with Crippen LogP contribution in [0.1, 0.15) is 25.3 Å². The summed E-state index contributed by atoms with van der Waals surface area (Å²) in [5.41, 5.74) is 7.59. The van der Waals surface area contributed by atoms with E-state index in [0.29, 0.717) is 5.11 Å². The van der Waals surface area contributed by atoms with E-state index in [-0.39, 0.29) is 5.11 Å². The zero-order chi connectivity index (χ0) is 12.7. The molecule has 0 aliphatic carbocycles. The Hall–Kier alpha value is -1.20. The molecule has 0 atom stereocenters. The fourth-order valence-corrected chi connectivity index (χ4v) is 1.80. The molecule has 5 heteroatoms. The molecule has 0 aromatic heterocycles. The molecular formula is C12H17N3S2. The Kier molecular flexibility index (Phi) is 5.86. The van der Waals surface area contributed by atoms with Gasteiger partial charge in [-0.2, -0.15) is 0 Å². The average molecular weight is 267 g/mol. The molecule has 0 saturated heterocycles. The normalized spacial score (nSPS) is 9.71. The van der Waals surface area contributed by atoms with Gasteiger partial charge in [-0.3, -0.25) is 0 Å². The second-order valence-electron chi connectivity index (χ2n) is 3.74. The van der Waals surface area contributed by atoms with E-state index in [1.807, 2.05) is 12.1 Å². The molecule has 0 heterocycles. The molecule has 4 N–H and O–H groups in total. The Morgan fingerprint density at radius 2 is 1.88 bits per heavy atom. The zero-order valence-corrected chi connectivity index (χ0v) is 11.5. The molecule has 1 aromatic rings. The summed E-state index contributed by atoms with van der Waals surface area (Å²) in [7, 11) is 0. The zero-order valence-electron chi connectivity index (χ0n) is 9.82. The number of nitrogens with one attached hydrogen (secondary N) is 2. The van der Waals surface area contributed by atoms with Crippen LogP contribution < -0.4 is 16.4 Å². The Bertz CT molecular complexity index is 387. The van der Waals surface area contributed by atoms with Crippen LogP contribution in [0.5, 0.6) is 0 Å². The third-order valence-electron chi connectivity index (χ3n) is 2.27. The van der Waals surface area contributed by atoms with Gasteiger partial charge in [0.2, 0.25) is 0 Å². The van der Waals surface area contributed by atoms with Crippen molar-refractivity contribution in [2.75, 3.05) is 5.32 Å². The molecule has 3 nitrogen and oxygen atoms in total. The average Bonchev–Trinajstić information content (AvgIpc) is 2.27. The number of thiocarbonyl (C=S) groups is 2. The van der Waals surface area contributed by atoms with Crippen molar-refractivity contribution in [3.63, 3.8) is 0 Å². The van der Waals surface area contributed by atoms with Gasteiger partial charge in [0.15, 0.2) is 10.2 Å². The van der Waals surface area contributed by atoms with Gasteiger partial charge >= 0.3 is 0 Å². The number of anilines is 1. The summed E-state index contributed by atoms with van der Waals surface area (Å²) in [5, 5.41) is 6.26. The molecule has 1 rings (SSSR count). The van der Waals surface area contributed by atoms with Crippen LogP contribution in [0.3, 0.4) is 0 Å². The standard InChI is InChI=1S/C12H17N3S2/c1-2-3-4-9-5-7-10(8-6-9)14-12(17)15-11(13)16/h5-8H,2-4H2,1H3,(H4,13,14,15,16,17). The fourth-order valence-electron chi connectivity index (χ4n) is 1.41. The predicted octanol–water partition coefficient (Wildman–Crippen LogP) is 2.56. The minimum Gasteiger partial charge on any atom is -0.376 e. The van der Waals surface area contributed by atoms with Gasteiger partial charge < -0.3 is 16.4 Å². The quantitative estimate of drug-likeness (QED) is 0.732. The summed E-state index contributed by atoms with van der Waals surface area (Å²) in [6, 6.07) is 8.19. The second kappa shape index (κ2) is 7.19. The van der Waals surface area contributed by atoms with Gasteiger partial charge in [-0.15, -0.1) is 0 Å². The molecule has 1 aromatic carbocycles. The van der Waals surface area contributed by atoms with Gasteiger partial charge in [-0.25, -0.2) is 0 Å². The monoisotopic (exact) mass is 267 g/mol. The third-order valence-corrected chi connectivity index (χ3v) is 2.57. The molecule has 0 radical (unpaired) electrons. The van der Waals surface area contributed by atoms with Crippen LogP contribution in [0.4, 0.5) is 5.69 Å². The highest BCUT2D eigenvalue weighted by molar-refractivity contribution is 7.82. The molecule has 0 spiro atoms. The lowest BCUT2D eigenvalue weighted by atomic mass is 10.1. The summed E-state index contributed by atoms with van der Waals surface area (Å²) in [6.45, 7) is 2.19. The smallest absolute Gasteiger partial charge is 0.177 e. The van der Waals surface area contributed by atoms with E-state index in [1.54, 1.807) is 0 Å². The summed E-state index contributed by atoms with van der Waals surface area (Å²) in [6.07, 6.45) is 3.54. The molecule has 0 fully saturated rings. The minimum absolute atomic E-state index is 0.169. The first-order valence-electron chi connectivity index (χ1n) is 5.58. The minimum atomic E-state index is 0.169. The Morgan fingerprint density at radius 3 is 2.41 bits per heavy atom. The van der Waals surface area contributed by atoms with Gasteiger partial charge in [-0.1, -0.05) is 25.5 Å². The van der Waals surface area contributed by atoms with Crippen molar-refractivity contribution in [3.8, 4) is 0 Å². The fraction of sp³-hybridized carbons (Fsp3) is 0.333. The first kappa shape index (κ1) is 13.9. The van der Waals surface area contributed by atoms with Crippen molar-refractivity contribution in [3.05, 3.63) is 29.8 Å². The first-order chi connectivity index (χ1) is 8.11. The van der Waals surface area contributed by atoms with Gasteiger partial charge in [0.1, 0.15) is 0 Å². The van der Waals surface area contributed by atoms with Crippen LogP contribution >= 0.6 is 24.4 Å². The van der Waals surface area contributed by atoms with Crippen molar-refractivity contribution in [2.24, 2.45) is 5.73 Å². The van der Waals surface area contributed by atoms with E-state index < -0.39 is 0 Å². The third kappa shape index (κ3) is 5.60. The number of aryl methyl sites for hydroxylation is 1. The number of hydrogen-bond acceptors (Lipinski definition) is 2. The highest BCUT2D eigenvalue weighted by Crippen LogP contribution is 2.11. The maximum atomic E-state index is 5.32. The number of rotatable bonds is 4. The van der Waals surface area contributed by atoms with Crippen molar-refractivity contribution in [1.29, 1.82) is 0 Å². The van der Waals surface area contributed by atoms with E-state index in [4.69, 9.17) is 30.2 Å². The van der Waals surface area contributed by atoms with Crippen molar-refractivity contribution in [1.82, 2.24) is 5.32 Å². The Morgan fingerprint density at radius 1 is 1.24 bits per heavy atom. The van der Waals surface area contributed by atoms with E-state index in [0.717, 1.165) is 12.1 Å². The number of unbranched alkanes of at least 4 members (excludes halogenated alkanes) is 1. The Balaban J connectivity index is 2.50. The van der Waals surface area contributed by atoms with Crippen LogP contribution in [0.25, 0.3) is 0 Å². The van der Waals surface area contributed by atoms with Crippen LogP contribution in [0.2, 0.25) is 0 Å². The number of hydrogen-bond donors (Lipinski definition) is 3. The highest BCUT2D eigenvalue weighted by Gasteiger charge is 1.98. The lowest BCUT2D eigenvalue weighted by molar-refractivity contribution is 0.795. The molecule has 0 aliphatic heterocycles. The lowest BCUT2D eigenvalue weighted by Gasteiger charge is -2.09. The predicted molar refractivity (Wildman–Crippen MR) is 81.2 cm³/mol. The molecular weight excluding hydrogens is 250 g/mol. The maximum Gasteiger partial charge on any atom is 0.177 e. The summed E-state index contributed by atoms with van der Waals surface area (Å²) in [5.74, 6) is 0. The van der Waals surface area contributed by atoms with Crippen LogP contribution in [0, 0.1) is 0 Å². The van der Waals surface area contributed by atoms with Gasteiger partial charge in [0.05, 0.1) is 0 Å². The number of nitrogens with two attached hydrogens (primary N) is 1. The van der Waals surface area contributed by atoms with Crippen LogP contribution in [-0.2, 0) is 6.42 Å². The van der Waals surface area contributed by atoms with Gasteiger partial charge in [-0.05, 0) is 55.0 Å². The maximum absolute atomic E-state index is 5.32. The molecule has 0 saturated carbocycles. The van der Waals surface area contributed by atoms with E-state index in [9.17, 15) is 0 Å². The molecule has 17 heavy (non-hydrogen) atoms. The summed E-state index contributed by atoms with van der Waals surface area (Å²) < 4.78 is 0. The van der Waals surface area contributed by atoms with Crippen LogP contribution in [0.15, 0.2) is 24.3 Å². The highest BCUT2D eigenvalue weighted by atomic mass is 32.1. The molecule has 0 amide bonds. The first-order valence-corrected chi connectivity index (χ1v) is 6.40. The lowest BCUT2D eigenvalue weighted by Crippen LogP contribution is -2.37. The summed E-state index contributed by atoms with van der Waals surface area (Å²) in [4.78, 5) is 0. The second-order valence-corrected chi connectivity index (χ2v) is 4.59. The van der Waals surface area contributed by atoms with E-state index >= 15 is 0 Å². The van der Waals surface area contributed by atoms with Crippen molar-refractivity contribution in [2.45, 2.75) is 26.2 Å². The topological polar surface area (TPSA) is 50.1 Å². The SMILES string of the molecule is CCCCc1ccc(NC(=S)NC(N)=S)cc1. The molecule has 0 aliphatic rings. The molecule has 92 valence electrons. The van der Waals surface area contributed by atoms with Crippen LogP contribution in [-0.4, -0.2) is 10.2 Å². The number of benzene rings is 1. The van der Waals surface area contributed by atoms with Crippen molar-refractivity contribution >= 4 is 40.3 Å². The molecule has 0 bridgehead atoms. The van der Waals surface area contributed by atoms with E-state index in [1.165, 1.54) is 18.4 Å². The molecule has 0 unspecified atom stereocenters. The summed E-state index contributed by atoms with van der Waals surface area (Å²) >= 11 is 9.72. The Labute approximate surface area is 113 Å². The van der Waals surface area contributed by atoms with Gasteiger partial charge in [0, 0.05) is 5.69 Å². The van der Waals surface area contributed by atoms with E-state index in [2.05, 4.69) is 29.7 Å². The van der Waals surface area contributed by atoms with Crippen molar-refractivity contribution < 1.29 is 0 Å². The largest absolute Gasteiger partial charge is 0.376 e. The van der Waals surface area contributed by atoms with Gasteiger partial charge in [0.25, 0.3) is 0 Å².